The molecule has 0 amide bonds. The second kappa shape index (κ2) is 4.67. The van der Waals surface area contributed by atoms with Gasteiger partial charge in [-0.15, -0.1) is 11.3 Å². The Hall–Kier alpha value is -0.680. The predicted octanol–water partition coefficient (Wildman–Crippen LogP) is 2.80. The molecule has 2 aromatic heterocycles. The number of thiophene rings is 1. The van der Waals surface area contributed by atoms with Crippen molar-refractivity contribution in [3.05, 3.63) is 27.6 Å². The molecule has 0 aliphatic heterocycles. The molecule has 0 bridgehead atoms. The number of hydrogen-bond acceptors (Lipinski definition) is 3. The van der Waals surface area contributed by atoms with Crippen LogP contribution in [0.3, 0.4) is 0 Å². The minimum atomic E-state index is 0.0795. The molecule has 0 aromatic carbocycles. The van der Waals surface area contributed by atoms with Crippen LogP contribution in [0.2, 0.25) is 0 Å². The van der Waals surface area contributed by atoms with Crippen LogP contribution in [-0.4, -0.2) is 14.9 Å². The summed E-state index contributed by atoms with van der Waals surface area (Å²) in [5.41, 5.74) is 2.01. The minimum Gasteiger partial charge on any atom is -0.298 e. The highest BCUT2D eigenvalue weighted by molar-refractivity contribution is 9.09. The minimum absolute atomic E-state index is 0.0795. The Morgan fingerprint density at radius 3 is 3.06 bits per heavy atom. The maximum Gasteiger partial charge on any atom is 0.271 e. The molecule has 0 saturated heterocycles. The Bertz CT molecular complexity index is 561. The third-order valence-electron chi connectivity index (χ3n) is 2.50. The highest BCUT2D eigenvalue weighted by Gasteiger charge is 2.09. The number of aryl methyl sites for hydroxylation is 1. The van der Waals surface area contributed by atoms with E-state index >= 15 is 0 Å². The molecular weight excluding hydrogens is 288 g/mol. The smallest absolute Gasteiger partial charge is 0.271 e. The summed E-state index contributed by atoms with van der Waals surface area (Å²) in [5.74, 6) is 0.429. The van der Waals surface area contributed by atoms with Crippen molar-refractivity contribution in [3.63, 3.8) is 0 Å². The van der Waals surface area contributed by atoms with Crippen LogP contribution in [-0.2, 0) is 6.54 Å². The van der Waals surface area contributed by atoms with Gasteiger partial charge in [0.25, 0.3) is 5.56 Å². The highest BCUT2D eigenvalue weighted by atomic mass is 79.9. The first kappa shape index (κ1) is 11.8. The second-order valence-corrected chi connectivity index (χ2v) is 5.59. The lowest BCUT2D eigenvalue weighted by molar-refractivity contribution is 0.518. The topological polar surface area (TPSA) is 34.9 Å². The van der Waals surface area contributed by atoms with Gasteiger partial charge in [-0.3, -0.25) is 9.36 Å². The third kappa shape index (κ3) is 2.06. The van der Waals surface area contributed by atoms with Crippen LogP contribution in [0.15, 0.2) is 16.5 Å². The Kier molecular flexibility index (Phi) is 3.44. The van der Waals surface area contributed by atoms with Gasteiger partial charge in [-0.05, 0) is 23.8 Å². The normalized spacial score (nSPS) is 13.2. The van der Waals surface area contributed by atoms with E-state index in [1.165, 1.54) is 11.3 Å². The molecule has 5 heteroatoms. The average Bonchev–Trinajstić information content (AvgIpc) is 2.65. The van der Waals surface area contributed by atoms with E-state index in [-0.39, 0.29) is 5.56 Å². The van der Waals surface area contributed by atoms with Gasteiger partial charge >= 0.3 is 0 Å². The van der Waals surface area contributed by atoms with Gasteiger partial charge in [-0.2, -0.15) is 0 Å². The summed E-state index contributed by atoms with van der Waals surface area (Å²) in [5, 5.41) is 2.87. The first-order valence-corrected chi connectivity index (χ1v) is 7.12. The van der Waals surface area contributed by atoms with E-state index in [0.717, 1.165) is 21.1 Å². The summed E-state index contributed by atoms with van der Waals surface area (Å²) in [6, 6.07) is 0. The first-order valence-electron chi connectivity index (χ1n) is 5.12. The lowest BCUT2D eigenvalue weighted by Gasteiger charge is -2.09. The number of rotatable bonds is 3. The first-order chi connectivity index (χ1) is 7.63. The van der Waals surface area contributed by atoms with Crippen molar-refractivity contribution in [2.45, 2.75) is 20.4 Å². The Labute approximate surface area is 106 Å². The van der Waals surface area contributed by atoms with Gasteiger partial charge in [0.2, 0.25) is 0 Å². The van der Waals surface area contributed by atoms with Crippen molar-refractivity contribution >= 4 is 37.5 Å². The molecule has 2 heterocycles. The summed E-state index contributed by atoms with van der Waals surface area (Å²) in [4.78, 5) is 16.5. The Balaban J connectivity index is 2.49. The van der Waals surface area contributed by atoms with Gasteiger partial charge in [0.1, 0.15) is 4.70 Å². The molecule has 0 radical (unpaired) electrons. The van der Waals surface area contributed by atoms with Gasteiger partial charge in [-0.25, -0.2) is 4.98 Å². The molecule has 0 fully saturated rings. The van der Waals surface area contributed by atoms with Gasteiger partial charge in [0.15, 0.2) is 0 Å². The highest BCUT2D eigenvalue weighted by Crippen LogP contribution is 2.19. The van der Waals surface area contributed by atoms with E-state index in [9.17, 15) is 4.79 Å². The van der Waals surface area contributed by atoms with Crippen LogP contribution >= 0.6 is 27.3 Å². The number of halogens is 1. The van der Waals surface area contributed by atoms with Crippen LogP contribution in [0.5, 0.6) is 0 Å². The van der Waals surface area contributed by atoms with Gasteiger partial charge in [0.05, 0.1) is 11.8 Å². The summed E-state index contributed by atoms with van der Waals surface area (Å²) in [6.45, 7) is 4.80. The average molecular weight is 301 g/mol. The van der Waals surface area contributed by atoms with Crippen LogP contribution < -0.4 is 5.56 Å². The number of hydrogen-bond donors (Lipinski definition) is 0. The van der Waals surface area contributed by atoms with Crippen LogP contribution in [0.4, 0.5) is 0 Å². The predicted molar refractivity (Wildman–Crippen MR) is 71.6 cm³/mol. The van der Waals surface area contributed by atoms with Gasteiger partial charge in [-0.1, -0.05) is 22.9 Å². The Morgan fingerprint density at radius 2 is 2.38 bits per heavy atom. The molecule has 0 aliphatic carbocycles. The molecule has 1 atom stereocenters. The molecule has 0 saturated carbocycles. The fraction of sp³-hybridized carbons (Fsp3) is 0.455. The standard InChI is InChI=1S/C11H13BrN2OS/c1-7(3-12)4-14-6-13-9-8(2)5-16-10(9)11(14)15/h5-7H,3-4H2,1-2H3. The fourth-order valence-electron chi connectivity index (χ4n) is 1.58. The number of alkyl halides is 1. The van der Waals surface area contributed by atoms with E-state index in [1.54, 1.807) is 10.9 Å². The molecule has 0 aliphatic rings. The van der Waals surface area contributed by atoms with Crippen molar-refractivity contribution in [2.75, 3.05) is 5.33 Å². The van der Waals surface area contributed by atoms with Crippen molar-refractivity contribution in [1.82, 2.24) is 9.55 Å². The quantitative estimate of drug-likeness (QED) is 0.817. The van der Waals surface area contributed by atoms with Gasteiger partial charge in [0, 0.05) is 11.9 Å². The maximum absolute atomic E-state index is 12.1. The monoisotopic (exact) mass is 300 g/mol. The zero-order chi connectivity index (χ0) is 11.7. The third-order valence-corrected chi connectivity index (χ3v) is 4.68. The summed E-state index contributed by atoms with van der Waals surface area (Å²) < 4.78 is 2.46. The van der Waals surface area contributed by atoms with Crippen molar-refractivity contribution in [3.8, 4) is 0 Å². The lowest BCUT2D eigenvalue weighted by Crippen LogP contribution is -2.23. The second-order valence-electron chi connectivity index (χ2n) is 4.06. The largest absolute Gasteiger partial charge is 0.298 e. The summed E-state index contributed by atoms with van der Waals surface area (Å²) in [7, 11) is 0. The lowest BCUT2D eigenvalue weighted by atomic mass is 10.2. The van der Waals surface area contributed by atoms with Crippen LogP contribution in [0, 0.1) is 12.8 Å². The summed E-state index contributed by atoms with van der Waals surface area (Å²) >= 11 is 4.90. The van der Waals surface area contributed by atoms with E-state index in [0.29, 0.717) is 12.5 Å². The van der Waals surface area contributed by atoms with Crippen molar-refractivity contribution in [2.24, 2.45) is 5.92 Å². The molecular formula is C11H13BrN2OS. The van der Waals surface area contributed by atoms with Crippen molar-refractivity contribution < 1.29 is 0 Å². The van der Waals surface area contributed by atoms with E-state index < -0.39 is 0 Å². The molecule has 86 valence electrons. The van der Waals surface area contributed by atoms with Crippen molar-refractivity contribution in [1.29, 1.82) is 0 Å². The molecule has 2 rings (SSSR count). The fourth-order valence-corrected chi connectivity index (χ4v) is 2.73. The van der Waals surface area contributed by atoms with E-state index in [2.05, 4.69) is 27.8 Å². The van der Waals surface area contributed by atoms with Crippen LogP contribution in [0.25, 0.3) is 10.2 Å². The maximum atomic E-state index is 12.1. The Morgan fingerprint density at radius 1 is 1.62 bits per heavy atom. The number of fused-ring (bicyclic) bond motifs is 1. The molecule has 3 nitrogen and oxygen atoms in total. The number of nitrogens with zero attached hydrogens (tertiary/aromatic N) is 2. The number of aromatic nitrogens is 2. The molecule has 2 aromatic rings. The van der Waals surface area contributed by atoms with E-state index in [4.69, 9.17) is 0 Å². The zero-order valence-electron chi connectivity index (χ0n) is 9.24. The SMILES string of the molecule is Cc1csc2c(=O)n(CC(C)CBr)cnc12. The van der Waals surface area contributed by atoms with Gasteiger partial charge < -0.3 is 0 Å². The molecule has 1 unspecified atom stereocenters. The van der Waals surface area contributed by atoms with E-state index in [1.807, 2.05) is 12.3 Å². The molecule has 16 heavy (non-hydrogen) atoms. The summed E-state index contributed by atoms with van der Waals surface area (Å²) in [6.07, 6.45) is 1.66. The molecule has 0 spiro atoms. The van der Waals surface area contributed by atoms with Crippen LogP contribution in [0.1, 0.15) is 12.5 Å². The molecule has 0 N–H and O–H groups in total. The zero-order valence-corrected chi connectivity index (χ0v) is 11.6.